The van der Waals surface area contributed by atoms with Crippen molar-refractivity contribution in [2.75, 3.05) is 11.9 Å². The molecule has 0 fully saturated rings. The van der Waals surface area contributed by atoms with Crippen molar-refractivity contribution in [1.82, 2.24) is 0 Å². The highest BCUT2D eigenvalue weighted by molar-refractivity contribution is 9.10. The summed E-state index contributed by atoms with van der Waals surface area (Å²) in [6.07, 6.45) is 0.0642. The SMILES string of the molecule is Cc1ccc(Br)cc1NC(=O)COC(C)C. The molecule has 0 bridgehead atoms. The molecule has 0 aliphatic heterocycles. The van der Waals surface area contributed by atoms with Crippen LogP contribution in [-0.4, -0.2) is 18.6 Å². The average Bonchev–Trinajstić information content (AvgIpc) is 2.20. The predicted octanol–water partition coefficient (Wildman–Crippen LogP) is 3.12. The quantitative estimate of drug-likeness (QED) is 0.923. The Bertz CT molecular complexity index is 377. The number of halogens is 1. The van der Waals surface area contributed by atoms with Crippen LogP contribution in [0.2, 0.25) is 0 Å². The molecule has 0 radical (unpaired) electrons. The van der Waals surface area contributed by atoms with Crippen LogP contribution in [0.4, 0.5) is 5.69 Å². The van der Waals surface area contributed by atoms with Gasteiger partial charge in [0.25, 0.3) is 0 Å². The van der Waals surface area contributed by atoms with E-state index >= 15 is 0 Å². The normalized spacial score (nSPS) is 10.6. The van der Waals surface area contributed by atoms with Gasteiger partial charge in [0, 0.05) is 10.2 Å². The molecule has 0 saturated carbocycles. The number of nitrogens with one attached hydrogen (secondary N) is 1. The maximum Gasteiger partial charge on any atom is 0.250 e. The molecule has 0 aliphatic carbocycles. The Kier molecular flexibility index (Phi) is 4.96. The molecule has 0 heterocycles. The van der Waals surface area contributed by atoms with Gasteiger partial charge in [0.05, 0.1) is 6.10 Å². The monoisotopic (exact) mass is 285 g/mol. The molecule has 0 aliphatic rings. The molecular formula is C12H16BrNO2. The van der Waals surface area contributed by atoms with Crippen LogP contribution in [0.3, 0.4) is 0 Å². The van der Waals surface area contributed by atoms with E-state index in [1.807, 2.05) is 39.0 Å². The van der Waals surface area contributed by atoms with E-state index in [2.05, 4.69) is 21.2 Å². The summed E-state index contributed by atoms with van der Waals surface area (Å²) in [4.78, 5) is 11.5. The first kappa shape index (κ1) is 13.2. The molecule has 0 aromatic heterocycles. The highest BCUT2D eigenvalue weighted by Gasteiger charge is 2.06. The summed E-state index contributed by atoms with van der Waals surface area (Å²) in [6.45, 7) is 5.84. The third kappa shape index (κ3) is 4.33. The van der Waals surface area contributed by atoms with Gasteiger partial charge in [-0.2, -0.15) is 0 Å². The van der Waals surface area contributed by atoms with Gasteiger partial charge < -0.3 is 10.1 Å². The van der Waals surface area contributed by atoms with E-state index in [1.165, 1.54) is 0 Å². The van der Waals surface area contributed by atoms with Crippen molar-refractivity contribution in [3.05, 3.63) is 28.2 Å². The van der Waals surface area contributed by atoms with E-state index in [-0.39, 0.29) is 18.6 Å². The Morgan fingerprint density at radius 2 is 2.19 bits per heavy atom. The molecule has 0 unspecified atom stereocenters. The molecule has 0 saturated heterocycles. The van der Waals surface area contributed by atoms with Gasteiger partial charge >= 0.3 is 0 Å². The van der Waals surface area contributed by atoms with Crippen LogP contribution in [0, 0.1) is 6.92 Å². The third-order valence-corrected chi connectivity index (χ3v) is 2.51. The molecule has 1 aromatic rings. The Hall–Kier alpha value is -0.870. The topological polar surface area (TPSA) is 38.3 Å². The fourth-order valence-corrected chi connectivity index (χ4v) is 1.52. The number of amides is 1. The van der Waals surface area contributed by atoms with Crippen LogP contribution in [-0.2, 0) is 9.53 Å². The number of aryl methyl sites for hydroxylation is 1. The van der Waals surface area contributed by atoms with Crippen molar-refractivity contribution < 1.29 is 9.53 Å². The zero-order valence-electron chi connectivity index (χ0n) is 9.71. The number of anilines is 1. The second-order valence-electron chi connectivity index (χ2n) is 3.87. The fourth-order valence-electron chi connectivity index (χ4n) is 1.16. The van der Waals surface area contributed by atoms with Gasteiger partial charge in [0.15, 0.2) is 0 Å². The van der Waals surface area contributed by atoms with Crippen LogP contribution in [0.15, 0.2) is 22.7 Å². The summed E-state index contributed by atoms with van der Waals surface area (Å²) in [7, 11) is 0. The molecule has 4 heteroatoms. The minimum atomic E-state index is -0.130. The number of hydrogen-bond donors (Lipinski definition) is 1. The lowest BCUT2D eigenvalue weighted by Crippen LogP contribution is -2.21. The smallest absolute Gasteiger partial charge is 0.250 e. The van der Waals surface area contributed by atoms with Gasteiger partial charge in [-0.05, 0) is 38.5 Å². The number of ether oxygens (including phenoxy) is 1. The van der Waals surface area contributed by atoms with E-state index in [0.29, 0.717) is 0 Å². The van der Waals surface area contributed by atoms with Crippen molar-refractivity contribution in [2.45, 2.75) is 26.9 Å². The first-order valence-corrected chi connectivity index (χ1v) is 5.96. The van der Waals surface area contributed by atoms with Crippen molar-refractivity contribution in [3.63, 3.8) is 0 Å². The molecule has 0 spiro atoms. The Labute approximate surface area is 104 Å². The van der Waals surface area contributed by atoms with Gasteiger partial charge in [-0.25, -0.2) is 0 Å². The van der Waals surface area contributed by atoms with Crippen molar-refractivity contribution in [2.24, 2.45) is 0 Å². The van der Waals surface area contributed by atoms with Gasteiger partial charge in [-0.1, -0.05) is 22.0 Å². The summed E-state index contributed by atoms with van der Waals surface area (Å²) in [5, 5.41) is 2.81. The van der Waals surface area contributed by atoms with Crippen LogP contribution in [0.25, 0.3) is 0 Å². The molecule has 1 N–H and O–H groups in total. The Morgan fingerprint density at radius 1 is 1.50 bits per heavy atom. The van der Waals surface area contributed by atoms with E-state index in [9.17, 15) is 4.79 Å². The van der Waals surface area contributed by atoms with E-state index < -0.39 is 0 Å². The maximum absolute atomic E-state index is 11.5. The van der Waals surface area contributed by atoms with Gasteiger partial charge in [0.1, 0.15) is 6.61 Å². The second kappa shape index (κ2) is 6.01. The molecule has 16 heavy (non-hydrogen) atoms. The first-order valence-electron chi connectivity index (χ1n) is 5.16. The number of carbonyl (C=O) groups is 1. The minimum absolute atomic E-state index is 0.0642. The van der Waals surface area contributed by atoms with E-state index in [0.717, 1.165) is 15.7 Å². The van der Waals surface area contributed by atoms with Crippen molar-refractivity contribution in [1.29, 1.82) is 0 Å². The Morgan fingerprint density at radius 3 is 2.81 bits per heavy atom. The average molecular weight is 286 g/mol. The van der Waals surface area contributed by atoms with Crippen LogP contribution in [0.5, 0.6) is 0 Å². The number of rotatable bonds is 4. The summed E-state index contributed by atoms with van der Waals surface area (Å²) in [6, 6.07) is 5.77. The summed E-state index contributed by atoms with van der Waals surface area (Å²) >= 11 is 3.37. The molecule has 1 aromatic carbocycles. The largest absolute Gasteiger partial charge is 0.369 e. The second-order valence-corrected chi connectivity index (χ2v) is 4.78. The van der Waals surface area contributed by atoms with Crippen LogP contribution < -0.4 is 5.32 Å². The lowest BCUT2D eigenvalue weighted by atomic mass is 10.2. The number of benzene rings is 1. The van der Waals surface area contributed by atoms with Crippen LogP contribution >= 0.6 is 15.9 Å². The van der Waals surface area contributed by atoms with Crippen molar-refractivity contribution >= 4 is 27.5 Å². The summed E-state index contributed by atoms with van der Waals surface area (Å²) in [5.41, 5.74) is 1.84. The lowest BCUT2D eigenvalue weighted by molar-refractivity contribution is -0.121. The third-order valence-electron chi connectivity index (χ3n) is 2.02. The standard InChI is InChI=1S/C12H16BrNO2/c1-8(2)16-7-12(15)14-11-6-10(13)5-4-9(11)3/h4-6,8H,7H2,1-3H3,(H,14,15). The summed E-state index contributed by atoms with van der Waals surface area (Å²) in [5.74, 6) is -0.130. The zero-order chi connectivity index (χ0) is 12.1. The number of hydrogen-bond acceptors (Lipinski definition) is 2. The molecular weight excluding hydrogens is 270 g/mol. The van der Waals surface area contributed by atoms with Gasteiger partial charge in [-0.3, -0.25) is 4.79 Å². The maximum atomic E-state index is 11.5. The fraction of sp³-hybridized carbons (Fsp3) is 0.417. The molecule has 1 amide bonds. The highest BCUT2D eigenvalue weighted by Crippen LogP contribution is 2.20. The number of carbonyl (C=O) groups excluding carboxylic acids is 1. The highest BCUT2D eigenvalue weighted by atomic mass is 79.9. The molecule has 3 nitrogen and oxygen atoms in total. The minimum Gasteiger partial charge on any atom is -0.369 e. The first-order chi connectivity index (χ1) is 7.49. The summed E-state index contributed by atoms with van der Waals surface area (Å²) < 4.78 is 6.16. The zero-order valence-corrected chi connectivity index (χ0v) is 11.3. The van der Waals surface area contributed by atoms with Gasteiger partial charge in [-0.15, -0.1) is 0 Å². The molecule has 1 rings (SSSR count). The van der Waals surface area contributed by atoms with E-state index in [1.54, 1.807) is 0 Å². The predicted molar refractivity (Wildman–Crippen MR) is 68.6 cm³/mol. The lowest BCUT2D eigenvalue weighted by Gasteiger charge is -2.10. The van der Waals surface area contributed by atoms with Crippen molar-refractivity contribution in [3.8, 4) is 0 Å². The Balaban J connectivity index is 2.59. The van der Waals surface area contributed by atoms with Crippen LogP contribution in [0.1, 0.15) is 19.4 Å². The molecule has 88 valence electrons. The van der Waals surface area contributed by atoms with Gasteiger partial charge in [0.2, 0.25) is 5.91 Å². The molecule has 0 atom stereocenters. The van der Waals surface area contributed by atoms with E-state index in [4.69, 9.17) is 4.74 Å².